The number of β-amino-alcohol motifs (C(OH)–C–C–N with tert-alkyl or cyclic N) is 1. The SMILES string of the molecule is O=C(O)c1cn(-c2c(F)cc(F)cc2F)c2nc(N3CC[C@H](O)C3)c(F)cc2c1=O. The molecule has 1 saturated heterocycles. The van der Waals surface area contributed by atoms with Gasteiger partial charge in [0.1, 0.15) is 17.1 Å². The fourth-order valence-electron chi connectivity index (χ4n) is 3.46. The second-order valence-electron chi connectivity index (χ2n) is 6.82. The molecule has 7 nitrogen and oxygen atoms in total. The predicted molar refractivity (Wildman–Crippen MR) is 97.0 cm³/mol. The molecule has 30 heavy (non-hydrogen) atoms. The lowest BCUT2D eigenvalue weighted by Gasteiger charge is -2.19. The number of carboxylic acids is 1. The minimum absolute atomic E-state index is 0.0478. The smallest absolute Gasteiger partial charge is 0.341 e. The average Bonchev–Trinajstić information content (AvgIpc) is 3.08. The van der Waals surface area contributed by atoms with Gasteiger partial charge in [-0.05, 0) is 12.5 Å². The molecule has 2 N–H and O–H groups in total. The number of aromatic carboxylic acids is 1. The molecular formula is C19H13F4N3O4. The lowest BCUT2D eigenvalue weighted by Crippen LogP contribution is -2.25. The first-order chi connectivity index (χ1) is 14.2. The Morgan fingerprint density at radius 3 is 2.33 bits per heavy atom. The normalized spacial score (nSPS) is 16.4. The van der Waals surface area contributed by atoms with E-state index in [1.165, 1.54) is 4.90 Å². The van der Waals surface area contributed by atoms with Gasteiger partial charge in [0.2, 0.25) is 5.43 Å². The van der Waals surface area contributed by atoms with E-state index in [9.17, 15) is 37.4 Å². The average molecular weight is 423 g/mol. The van der Waals surface area contributed by atoms with Gasteiger partial charge < -0.3 is 15.1 Å². The highest BCUT2D eigenvalue weighted by Gasteiger charge is 2.27. The summed E-state index contributed by atoms with van der Waals surface area (Å²) in [5.41, 5.74) is -3.28. The Morgan fingerprint density at radius 2 is 1.77 bits per heavy atom. The fraction of sp³-hybridized carbons (Fsp3) is 0.211. The van der Waals surface area contributed by atoms with E-state index in [1.807, 2.05) is 0 Å². The van der Waals surface area contributed by atoms with Crippen LogP contribution in [0.5, 0.6) is 0 Å². The maximum absolute atomic E-state index is 14.7. The highest BCUT2D eigenvalue weighted by atomic mass is 19.1. The van der Waals surface area contributed by atoms with Crippen LogP contribution in [0.3, 0.4) is 0 Å². The van der Waals surface area contributed by atoms with Crippen molar-refractivity contribution >= 4 is 22.8 Å². The van der Waals surface area contributed by atoms with Gasteiger partial charge in [-0.2, -0.15) is 0 Å². The zero-order valence-corrected chi connectivity index (χ0v) is 15.1. The van der Waals surface area contributed by atoms with Crippen LogP contribution >= 0.6 is 0 Å². The number of anilines is 1. The Kier molecular flexibility index (Phi) is 4.69. The van der Waals surface area contributed by atoms with Gasteiger partial charge in [-0.1, -0.05) is 0 Å². The number of halogens is 4. The van der Waals surface area contributed by atoms with E-state index in [-0.39, 0.29) is 18.9 Å². The number of hydrogen-bond acceptors (Lipinski definition) is 5. The molecule has 2 aromatic heterocycles. The molecule has 0 amide bonds. The lowest BCUT2D eigenvalue weighted by atomic mass is 10.1. The Bertz CT molecular complexity index is 1240. The van der Waals surface area contributed by atoms with Crippen LogP contribution in [0.1, 0.15) is 16.8 Å². The summed E-state index contributed by atoms with van der Waals surface area (Å²) in [6.45, 7) is 0.291. The molecule has 1 aliphatic rings. The van der Waals surface area contributed by atoms with Crippen LogP contribution in [0.15, 0.2) is 29.2 Å². The summed E-state index contributed by atoms with van der Waals surface area (Å²) in [6.07, 6.45) is 0.260. The van der Waals surface area contributed by atoms with E-state index in [0.717, 1.165) is 6.07 Å². The third kappa shape index (κ3) is 3.16. The fourth-order valence-corrected chi connectivity index (χ4v) is 3.46. The van der Waals surface area contributed by atoms with Gasteiger partial charge in [-0.15, -0.1) is 0 Å². The first-order valence-corrected chi connectivity index (χ1v) is 8.74. The number of benzene rings is 1. The molecule has 0 aliphatic carbocycles. The lowest BCUT2D eigenvalue weighted by molar-refractivity contribution is 0.0695. The van der Waals surface area contributed by atoms with Crippen LogP contribution < -0.4 is 10.3 Å². The number of aromatic nitrogens is 2. The molecule has 1 aliphatic heterocycles. The minimum Gasteiger partial charge on any atom is -0.477 e. The molecule has 156 valence electrons. The van der Waals surface area contributed by atoms with Gasteiger partial charge >= 0.3 is 5.97 Å². The third-order valence-corrected chi connectivity index (χ3v) is 4.83. The third-order valence-electron chi connectivity index (χ3n) is 4.83. The van der Waals surface area contributed by atoms with E-state index >= 15 is 0 Å². The number of aliphatic hydroxyl groups is 1. The molecule has 1 atom stereocenters. The van der Waals surface area contributed by atoms with Crippen LogP contribution in [-0.4, -0.2) is 44.9 Å². The van der Waals surface area contributed by atoms with Crippen molar-refractivity contribution in [2.45, 2.75) is 12.5 Å². The zero-order valence-electron chi connectivity index (χ0n) is 15.1. The van der Waals surface area contributed by atoms with Crippen molar-refractivity contribution in [3.05, 3.63) is 63.5 Å². The highest BCUT2D eigenvalue weighted by Crippen LogP contribution is 2.28. The molecule has 3 aromatic rings. The maximum atomic E-state index is 14.7. The van der Waals surface area contributed by atoms with Gasteiger partial charge in [0.15, 0.2) is 28.9 Å². The van der Waals surface area contributed by atoms with Gasteiger partial charge in [-0.3, -0.25) is 9.36 Å². The molecule has 1 aromatic carbocycles. The van der Waals surface area contributed by atoms with Crippen molar-refractivity contribution in [3.8, 4) is 5.69 Å². The maximum Gasteiger partial charge on any atom is 0.341 e. The second kappa shape index (κ2) is 7.10. The molecule has 11 heteroatoms. The van der Waals surface area contributed by atoms with E-state index in [0.29, 0.717) is 29.3 Å². The summed E-state index contributed by atoms with van der Waals surface area (Å²) in [5, 5.41) is 18.5. The number of rotatable bonds is 3. The molecule has 1 fully saturated rings. The largest absolute Gasteiger partial charge is 0.477 e. The van der Waals surface area contributed by atoms with Crippen molar-refractivity contribution in [3.63, 3.8) is 0 Å². The van der Waals surface area contributed by atoms with E-state index in [2.05, 4.69) is 4.98 Å². The Balaban J connectivity index is 2.09. The summed E-state index contributed by atoms with van der Waals surface area (Å²) in [4.78, 5) is 29.4. The van der Waals surface area contributed by atoms with E-state index in [4.69, 9.17) is 0 Å². The van der Waals surface area contributed by atoms with Gasteiger partial charge in [0, 0.05) is 31.4 Å². The number of nitrogens with zero attached hydrogens (tertiary/aromatic N) is 3. The first kappa shape index (κ1) is 19.8. The van der Waals surface area contributed by atoms with Crippen LogP contribution in [0.4, 0.5) is 23.4 Å². The molecule has 4 rings (SSSR count). The standard InChI is InChI=1S/C19H13F4N3O4/c20-8-3-12(21)15(13(22)4-8)26-7-11(19(29)30)16(28)10-5-14(23)18(24-17(10)26)25-2-1-9(27)6-25/h3-5,7,9,27H,1-2,6H2,(H,29,30)/t9-/m0/s1. The number of hydrogen-bond donors (Lipinski definition) is 2. The summed E-state index contributed by atoms with van der Waals surface area (Å²) in [6, 6.07) is 1.49. The number of aliphatic hydroxyl groups excluding tert-OH is 1. The number of fused-ring (bicyclic) bond motifs is 1. The zero-order chi connectivity index (χ0) is 21.7. The Hall–Kier alpha value is -3.47. The predicted octanol–water partition coefficient (Wildman–Crippen LogP) is 2.21. The molecular weight excluding hydrogens is 410 g/mol. The van der Waals surface area contributed by atoms with Crippen LogP contribution in [0, 0.1) is 23.3 Å². The van der Waals surface area contributed by atoms with Gasteiger partial charge in [0.25, 0.3) is 0 Å². The molecule has 0 saturated carbocycles. The summed E-state index contributed by atoms with van der Waals surface area (Å²) >= 11 is 0. The molecule has 0 radical (unpaired) electrons. The van der Waals surface area contributed by atoms with E-state index in [1.54, 1.807) is 0 Å². The van der Waals surface area contributed by atoms with Crippen LogP contribution in [0.2, 0.25) is 0 Å². The first-order valence-electron chi connectivity index (χ1n) is 8.74. The van der Waals surface area contributed by atoms with E-state index < -0.39 is 63.1 Å². The van der Waals surface area contributed by atoms with Crippen LogP contribution in [-0.2, 0) is 0 Å². The highest BCUT2D eigenvalue weighted by molar-refractivity contribution is 5.92. The number of carbonyl (C=O) groups is 1. The van der Waals surface area contributed by atoms with Crippen molar-refractivity contribution in [1.82, 2.24) is 9.55 Å². The summed E-state index contributed by atoms with van der Waals surface area (Å²) in [5.74, 6) is -6.91. The topological polar surface area (TPSA) is 95.7 Å². The minimum atomic E-state index is -1.70. The van der Waals surface area contributed by atoms with Crippen molar-refractivity contribution in [2.24, 2.45) is 0 Å². The summed E-state index contributed by atoms with van der Waals surface area (Å²) in [7, 11) is 0. The van der Waals surface area contributed by atoms with Crippen molar-refractivity contribution in [2.75, 3.05) is 18.0 Å². The van der Waals surface area contributed by atoms with Crippen molar-refractivity contribution < 1.29 is 32.6 Å². The quantitative estimate of drug-likeness (QED) is 0.628. The Labute approximate surface area is 165 Å². The molecule has 0 bridgehead atoms. The number of carboxylic acid groups (broad SMARTS) is 1. The second-order valence-corrected chi connectivity index (χ2v) is 6.82. The molecule has 3 heterocycles. The Morgan fingerprint density at radius 1 is 1.10 bits per heavy atom. The van der Waals surface area contributed by atoms with Crippen molar-refractivity contribution in [1.29, 1.82) is 0 Å². The molecule has 0 unspecified atom stereocenters. The van der Waals surface area contributed by atoms with Crippen LogP contribution in [0.25, 0.3) is 16.7 Å². The number of pyridine rings is 2. The summed E-state index contributed by atoms with van der Waals surface area (Å²) < 4.78 is 57.5. The van der Waals surface area contributed by atoms with Gasteiger partial charge in [0.05, 0.1) is 11.5 Å². The molecule has 0 spiro atoms. The van der Waals surface area contributed by atoms with Gasteiger partial charge in [-0.25, -0.2) is 27.3 Å². The monoisotopic (exact) mass is 423 g/mol.